The zero-order chi connectivity index (χ0) is 24.1. The van der Waals surface area contributed by atoms with Crippen molar-refractivity contribution in [1.82, 2.24) is 15.0 Å². The molecule has 0 spiro atoms. The summed E-state index contributed by atoms with van der Waals surface area (Å²) in [4.78, 5) is 18.7. The van der Waals surface area contributed by atoms with Gasteiger partial charge in [0.25, 0.3) is 0 Å². The summed E-state index contributed by atoms with van der Waals surface area (Å²) in [6.07, 6.45) is -2.63. The summed E-state index contributed by atoms with van der Waals surface area (Å²) in [7, 11) is 0. The lowest BCUT2D eigenvalue weighted by molar-refractivity contribution is -0.137. The van der Waals surface area contributed by atoms with Gasteiger partial charge in [-0.3, -0.25) is 4.79 Å². The largest absolute Gasteiger partial charge is 0.467 e. The first-order chi connectivity index (χ1) is 16.3. The molecule has 0 aliphatic heterocycles. The summed E-state index contributed by atoms with van der Waals surface area (Å²) >= 11 is 0. The molecule has 2 aromatic heterocycles. The van der Waals surface area contributed by atoms with Gasteiger partial charge in [-0.05, 0) is 42.0 Å². The first kappa shape index (κ1) is 23.2. The molecule has 0 N–H and O–H groups in total. The highest BCUT2D eigenvalue weighted by molar-refractivity contribution is 5.78. The van der Waals surface area contributed by atoms with Crippen LogP contribution in [-0.4, -0.2) is 27.5 Å². The molecule has 0 fully saturated rings. The Labute approximate surface area is 191 Å². The van der Waals surface area contributed by atoms with Crippen LogP contribution in [0.4, 0.5) is 17.6 Å². The van der Waals surface area contributed by atoms with Crippen LogP contribution in [0.2, 0.25) is 0 Å². The molecule has 0 aliphatic carbocycles. The number of hydrogen-bond acceptors (Lipinski definition) is 5. The number of nitrogens with zero attached hydrogens (tertiary/aromatic N) is 3. The maximum absolute atomic E-state index is 13.2. The van der Waals surface area contributed by atoms with Gasteiger partial charge in [0, 0.05) is 18.5 Å². The Bertz CT molecular complexity index is 1220. The molecular weight excluding hydrogens is 454 g/mol. The van der Waals surface area contributed by atoms with E-state index in [0.29, 0.717) is 16.9 Å². The van der Waals surface area contributed by atoms with Crippen molar-refractivity contribution in [2.75, 3.05) is 6.54 Å². The molecular formula is C24H19F4N3O3. The predicted octanol–water partition coefficient (Wildman–Crippen LogP) is 5.30. The molecule has 1 amide bonds. The molecule has 0 saturated heterocycles. The minimum atomic E-state index is -4.43. The SMILES string of the molecule is O=C(Cc1ccc(F)cc1)N(CCc1nc(-c2ccc(C(F)(F)F)cc2)no1)Cc1ccco1. The Kier molecular flexibility index (Phi) is 6.76. The summed E-state index contributed by atoms with van der Waals surface area (Å²) in [6, 6.07) is 13.6. The topological polar surface area (TPSA) is 72.4 Å². The van der Waals surface area contributed by atoms with Crippen molar-refractivity contribution in [3.63, 3.8) is 0 Å². The van der Waals surface area contributed by atoms with E-state index in [4.69, 9.17) is 8.94 Å². The average molecular weight is 473 g/mol. The number of amides is 1. The Balaban J connectivity index is 1.43. The quantitative estimate of drug-likeness (QED) is 0.325. The average Bonchev–Trinajstić information content (AvgIpc) is 3.50. The van der Waals surface area contributed by atoms with Crippen LogP contribution in [0.25, 0.3) is 11.4 Å². The number of aromatic nitrogens is 2. The fourth-order valence-corrected chi connectivity index (χ4v) is 3.28. The predicted molar refractivity (Wildman–Crippen MR) is 113 cm³/mol. The number of furan rings is 1. The fourth-order valence-electron chi connectivity index (χ4n) is 3.28. The number of benzene rings is 2. The second-order valence-corrected chi connectivity index (χ2v) is 7.53. The first-order valence-corrected chi connectivity index (χ1v) is 10.3. The summed E-state index contributed by atoms with van der Waals surface area (Å²) in [5.41, 5.74) is 0.272. The minimum absolute atomic E-state index is 0.0711. The van der Waals surface area contributed by atoms with E-state index in [1.165, 1.54) is 30.5 Å². The summed E-state index contributed by atoms with van der Waals surface area (Å²) in [6.45, 7) is 0.447. The van der Waals surface area contributed by atoms with Crippen LogP contribution in [0, 0.1) is 5.82 Å². The first-order valence-electron chi connectivity index (χ1n) is 10.3. The van der Waals surface area contributed by atoms with Gasteiger partial charge in [0.1, 0.15) is 11.6 Å². The van der Waals surface area contributed by atoms with Gasteiger partial charge in [0.15, 0.2) is 0 Å². The molecule has 0 atom stereocenters. The third-order valence-electron chi connectivity index (χ3n) is 5.08. The molecule has 4 rings (SSSR count). The van der Waals surface area contributed by atoms with Crippen LogP contribution in [0.15, 0.2) is 75.9 Å². The minimum Gasteiger partial charge on any atom is -0.467 e. The van der Waals surface area contributed by atoms with Crippen molar-refractivity contribution in [3.05, 3.63) is 95.5 Å². The molecule has 34 heavy (non-hydrogen) atoms. The highest BCUT2D eigenvalue weighted by Crippen LogP contribution is 2.30. The van der Waals surface area contributed by atoms with Crippen molar-refractivity contribution in [2.45, 2.75) is 25.6 Å². The zero-order valence-corrected chi connectivity index (χ0v) is 17.8. The molecule has 0 saturated carbocycles. The van der Waals surface area contributed by atoms with Gasteiger partial charge in [-0.1, -0.05) is 29.4 Å². The van der Waals surface area contributed by atoms with E-state index < -0.39 is 11.7 Å². The number of halogens is 4. The summed E-state index contributed by atoms with van der Waals surface area (Å²) < 4.78 is 62.0. The second-order valence-electron chi connectivity index (χ2n) is 7.53. The van der Waals surface area contributed by atoms with Crippen molar-refractivity contribution in [2.24, 2.45) is 0 Å². The van der Waals surface area contributed by atoms with Gasteiger partial charge in [-0.15, -0.1) is 0 Å². The van der Waals surface area contributed by atoms with Gasteiger partial charge in [0.05, 0.1) is 24.8 Å². The molecule has 0 bridgehead atoms. The lowest BCUT2D eigenvalue weighted by atomic mass is 10.1. The van der Waals surface area contributed by atoms with Crippen molar-refractivity contribution in [3.8, 4) is 11.4 Å². The highest BCUT2D eigenvalue weighted by atomic mass is 19.4. The molecule has 2 heterocycles. The van der Waals surface area contributed by atoms with Crippen LogP contribution in [0.3, 0.4) is 0 Å². The Morgan fingerprint density at radius 3 is 2.38 bits per heavy atom. The molecule has 176 valence electrons. The van der Waals surface area contributed by atoms with Crippen LogP contribution >= 0.6 is 0 Å². The Hall–Kier alpha value is -3.95. The van der Waals surface area contributed by atoms with Gasteiger partial charge >= 0.3 is 6.18 Å². The third-order valence-corrected chi connectivity index (χ3v) is 5.08. The van der Waals surface area contributed by atoms with E-state index >= 15 is 0 Å². The number of rotatable bonds is 8. The maximum atomic E-state index is 13.2. The van der Waals surface area contributed by atoms with Gasteiger partial charge in [-0.25, -0.2) is 4.39 Å². The third kappa shape index (κ3) is 5.89. The Morgan fingerprint density at radius 1 is 1.00 bits per heavy atom. The molecule has 0 radical (unpaired) electrons. The van der Waals surface area contributed by atoms with Crippen LogP contribution in [-0.2, 0) is 30.4 Å². The number of hydrogen-bond donors (Lipinski definition) is 0. The number of alkyl halides is 3. The van der Waals surface area contributed by atoms with E-state index in [-0.39, 0.29) is 49.4 Å². The van der Waals surface area contributed by atoms with Crippen molar-refractivity contribution >= 4 is 5.91 Å². The van der Waals surface area contributed by atoms with Crippen molar-refractivity contribution < 1.29 is 31.3 Å². The molecule has 10 heteroatoms. The van der Waals surface area contributed by atoms with E-state index in [1.54, 1.807) is 29.2 Å². The smallest absolute Gasteiger partial charge is 0.416 e. The summed E-state index contributed by atoms with van der Waals surface area (Å²) in [5.74, 6) is 0.380. The number of carbonyl (C=O) groups excluding carboxylic acids is 1. The van der Waals surface area contributed by atoms with E-state index in [1.807, 2.05) is 0 Å². The molecule has 0 aliphatic rings. The molecule has 4 aromatic rings. The monoisotopic (exact) mass is 473 g/mol. The molecule has 0 unspecified atom stereocenters. The highest BCUT2D eigenvalue weighted by Gasteiger charge is 2.30. The van der Waals surface area contributed by atoms with Crippen molar-refractivity contribution in [1.29, 1.82) is 0 Å². The van der Waals surface area contributed by atoms with Gasteiger partial charge in [0.2, 0.25) is 17.6 Å². The van der Waals surface area contributed by atoms with Crippen LogP contribution < -0.4 is 0 Å². The normalized spacial score (nSPS) is 11.5. The zero-order valence-electron chi connectivity index (χ0n) is 17.8. The Morgan fingerprint density at radius 2 is 1.74 bits per heavy atom. The fraction of sp³-hybridized carbons (Fsp3) is 0.208. The molecule has 6 nitrogen and oxygen atoms in total. The van der Waals surface area contributed by atoms with E-state index in [9.17, 15) is 22.4 Å². The van der Waals surface area contributed by atoms with Gasteiger partial charge < -0.3 is 13.8 Å². The van der Waals surface area contributed by atoms with Crippen LogP contribution in [0.1, 0.15) is 22.8 Å². The second kappa shape index (κ2) is 9.90. The molecule has 2 aromatic carbocycles. The summed E-state index contributed by atoms with van der Waals surface area (Å²) in [5, 5.41) is 3.83. The van der Waals surface area contributed by atoms with E-state index in [2.05, 4.69) is 10.1 Å². The van der Waals surface area contributed by atoms with E-state index in [0.717, 1.165) is 12.1 Å². The maximum Gasteiger partial charge on any atom is 0.416 e. The van der Waals surface area contributed by atoms with Crippen LogP contribution in [0.5, 0.6) is 0 Å². The van der Waals surface area contributed by atoms with Gasteiger partial charge in [-0.2, -0.15) is 18.2 Å². The standard InChI is InChI=1S/C24H19F4N3O3/c25-19-9-3-16(4-10-19)14-22(32)31(15-20-2-1-13-33-20)12-11-21-29-23(30-34-21)17-5-7-18(8-6-17)24(26,27)28/h1-10,13H,11-12,14-15H2. The lowest BCUT2D eigenvalue weighted by Crippen LogP contribution is -2.33. The lowest BCUT2D eigenvalue weighted by Gasteiger charge is -2.21. The number of carbonyl (C=O) groups is 1.